The molecule has 0 aliphatic rings. The molecule has 136 valence electrons. The normalized spacial score (nSPS) is 10.3. The van der Waals surface area contributed by atoms with Gasteiger partial charge in [-0.1, -0.05) is 12.1 Å². The molecule has 0 fully saturated rings. The lowest BCUT2D eigenvalue weighted by Gasteiger charge is -2.14. The summed E-state index contributed by atoms with van der Waals surface area (Å²) in [5.74, 6) is 1.62. The number of ether oxygens (including phenoxy) is 1. The van der Waals surface area contributed by atoms with Crippen LogP contribution in [0.3, 0.4) is 0 Å². The van der Waals surface area contributed by atoms with E-state index in [1.54, 1.807) is 49.5 Å². The van der Waals surface area contributed by atoms with Crippen molar-refractivity contribution in [1.29, 1.82) is 5.41 Å². The van der Waals surface area contributed by atoms with Gasteiger partial charge in [-0.2, -0.15) is 4.98 Å². The highest BCUT2D eigenvalue weighted by Crippen LogP contribution is 2.31. The number of aromatic hydroxyl groups is 1. The van der Waals surface area contributed by atoms with Crippen molar-refractivity contribution in [3.63, 3.8) is 0 Å². The van der Waals surface area contributed by atoms with Crippen molar-refractivity contribution in [3.05, 3.63) is 59.2 Å². The Labute approximate surface area is 156 Å². The number of aromatic nitrogens is 2. The van der Waals surface area contributed by atoms with Crippen molar-refractivity contribution in [2.45, 2.75) is 6.92 Å². The van der Waals surface area contributed by atoms with E-state index in [4.69, 9.17) is 10.1 Å². The van der Waals surface area contributed by atoms with Crippen LogP contribution in [-0.4, -0.2) is 34.6 Å². The summed E-state index contributed by atoms with van der Waals surface area (Å²) < 4.78 is 5.95. The summed E-state index contributed by atoms with van der Waals surface area (Å²) in [7, 11) is 1.69. The summed E-state index contributed by atoms with van der Waals surface area (Å²) in [6.45, 7) is 1.86. The number of nitrogens with zero attached hydrogens (tertiary/aromatic N) is 2. The minimum atomic E-state index is 0.140. The largest absolute Gasteiger partial charge is 0.508 e. The van der Waals surface area contributed by atoms with E-state index < -0.39 is 0 Å². The SMILES string of the molecule is CNc1nc(-c2ccc(O)cc2)nc(Oc2cc(C=O)ccc2C)c1C=N. The van der Waals surface area contributed by atoms with Crippen LogP contribution >= 0.6 is 0 Å². The van der Waals surface area contributed by atoms with Crippen LogP contribution in [0.25, 0.3) is 11.4 Å². The van der Waals surface area contributed by atoms with Gasteiger partial charge in [0.1, 0.15) is 23.6 Å². The molecule has 1 heterocycles. The van der Waals surface area contributed by atoms with E-state index in [1.165, 1.54) is 0 Å². The number of anilines is 1. The highest BCUT2D eigenvalue weighted by atomic mass is 16.5. The lowest BCUT2D eigenvalue weighted by molar-refractivity contribution is 0.112. The molecule has 7 nitrogen and oxygen atoms in total. The molecule has 3 rings (SSSR count). The fraction of sp³-hybridized carbons (Fsp3) is 0.100. The number of aryl methyl sites for hydroxylation is 1. The van der Waals surface area contributed by atoms with Crippen molar-refractivity contribution in [2.75, 3.05) is 12.4 Å². The maximum Gasteiger partial charge on any atom is 0.233 e. The highest BCUT2D eigenvalue weighted by Gasteiger charge is 2.16. The number of rotatable bonds is 6. The van der Waals surface area contributed by atoms with Crippen molar-refractivity contribution in [3.8, 4) is 28.8 Å². The monoisotopic (exact) mass is 362 g/mol. The van der Waals surface area contributed by atoms with Crippen LogP contribution in [0, 0.1) is 12.3 Å². The molecule has 0 spiro atoms. The van der Waals surface area contributed by atoms with Gasteiger partial charge in [0, 0.05) is 24.4 Å². The van der Waals surface area contributed by atoms with Crippen molar-refractivity contribution >= 4 is 18.3 Å². The summed E-state index contributed by atoms with van der Waals surface area (Å²) in [6.07, 6.45) is 1.85. The maximum absolute atomic E-state index is 11.1. The molecule has 0 bridgehead atoms. The molecular formula is C20H18N4O3. The fourth-order valence-corrected chi connectivity index (χ4v) is 2.49. The quantitative estimate of drug-likeness (QED) is 0.455. The zero-order chi connectivity index (χ0) is 19.4. The van der Waals surface area contributed by atoms with E-state index in [-0.39, 0.29) is 11.6 Å². The predicted octanol–water partition coefficient (Wildman–Crippen LogP) is 3.80. The molecule has 27 heavy (non-hydrogen) atoms. The van der Waals surface area contributed by atoms with Gasteiger partial charge in [-0.25, -0.2) is 4.98 Å². The molecule has 1 aromatic heterocycles. The summed E-state index contributed by atoms with van der Waals surface area (Å²) in [5.41, 5.74) is 2.38. The molecule has 3 aromatic rings. The second kappa shape index (κ2) is 7.65. The van der Waals surface area contributed by atoms with Gasteiger partial charge in [-0.3, -0.25) is 4.79 Å². The molecule has 2 aromatic carbocycles. The van der Waals surface area contributed by atoms with Crippen molar-refractivity contribution in [2.24, 2.45) is 0 Å². The van der Waals surface area contributed by atoms with Gasteiger partial charge in [0.05, 0.1) is 5.56 Å². The summed E-state index contributed by atoms with van der Waals surface area (Å²) in [5, 5.41) is 20.1. The Hall–Kier alpha value is -3.74. The fourth-order valence-electron chi connectivity index (χ4n) is 2.49. The summed E-state index contributed by atoms with van der Waals surface area (Å²) in [6, 6.07) is 11.6. The molecule has 0 unspecified atom stereocenters. The second-order valence-corrected chi connectivity index (χ2v) is 5.80. The molecule has 0 amide bonds. The molecular weight excluding hydrogens is 344 g/mol. The number of carbonyl (C=O) groups is 1. The Balaban J connectivity index is 2.13. The van der Waals surface area contributed by atoms with Crippen LogP contribution in [0.4, 0.5) is 5.82 Å². The number of phenols is 1. The topological polar surface area (TPSA) is 108 Å². The zero-order valence-corrected chi connectivity index (χ0v) is 14.9. The van der Waals surface area contributed by atoms with Gasteiger partial charge in [0.15, 0.2) is 5.82 Å². The van der Waals surface area contributed by atoms with Crippen LogP contribution in [-0.2, 0) is 0 Å². The van der Waals surface area contributed by atoms with Crippen LogP contribution in [0.1, 0.15) is 21.5 Å². The number of phenolic OH excluding ortho intramolecular Hbond substituents is 1. The lowest BCUT2D eigenvalue weighted by Crippen LogP contribution is -2.05. The Bertz CT molecular complexity index is 1000. The Morgan fingerprint density at radius 1 is 1.15 bits per heavy atom. The minimum Gasteiger partial charge on any atom is -0.508 e. The van der Waals surface area contributed by atoms with Gasteiger partial charge < -0.3 is 20.6 Å². The second-order valence-electron chi connectivity index (χ2n) is 5.80. The van der Waals surface area contributed by atoms with Gasteiger partial charge >= 0.3 is 0 Å². The number of carbonyl (C=O) groups excluding carboxylic acids is 1. The lowest BCUT2D eigenvalue weighted by atomic mass is 10.1. The first kappa shape index (κ1) is 18.1. The molecule has 0 saturated carbocycles. The van der Waals surface area contributed by atoms with Crippen molar-refractivity contribution in [1.82, 2.24) is 9.97 Å². The molecule has 0 atom stereocenters. The minimum absolute atomic E-state index is 0.140. The zero-order valence-electron chi connectivity index (χ0n) is 14.9. The van der Waals surface area contributed by atoms with Crippen LogP contribution < -0.4 is 10.1 Å². The van der Waals surface area contributed by atoms with Gasteiger partial charge in [-0.05, 0) is 42.8 Å². The number of benzene rings is 2. The third-order valence-electron chi connectivity index (χ3n) is 3.97. The number of nitrogens with one attached hydrogen (secondary N) is 2. The van der Waals surface area contributed by atoms with Gasteiger partial charge in [0.25, 0.3) is 0 Å². The van der Waals surface area contributed by atoms with E-state index in [0.717, 1.165) is 18.1 Å². The van der Waals surface area contributed by atoms with Crippen LogP contribution in [0.15, 0.2) is 42.5 Å². The molecule has 7 heteroatoms. The van der Waals surface area contributed by atoms with Crippen LogP contribution in [0.5, 0.6) is 17.4 Å². The average Bonchev–Trinajstić information content (AvgIpc) is 2.69. The molecule has 0 aliphatic carbocycles. The Kier molecular flexibility index (Phi) is 5.12. The summed E-state index contributed by atoms with van der Waals surface area (Å²) in [4.78, 5) is 19.9. The van der Waals surface area contributed by atoms with E-state index in [1.807, 2.05) is 6.92 Å². The standard InChI is InChI=1S/C20H18N4O3/c1-12-3-4-13(11-25)9-17(12)27-20-16(10-21)19(22-2)23-18(24-20)14-5-7-15(26)8-6-14/h3-11,21,26H,1-2H3,(H,22,23,24). The first-order valence-corrected chi connectivity index (χ1v) is 8.19. The van der Waals surface area contributed by atoms with E-state index in [0.29, 0.717) is 34.1 Å². The predicted molar refractivity (Wildman–Crippen MR) is 103 cm³/mol. The van der Waals surface area contributed by atoms with E-state index >= 15 is 0 Å². The molecule has 0 aliphatic heterocycles. The molecule has 0 saturated heterocycles. The third kappa shape index (κ3) is 3.77. The van der Waals surface area contributed by atoms with E-state index in [2.05, 4.69) is 15.3 Å². The number of hydrogen-bond donors (Lipinski definition) is 3. The number of aldehydes is 1. The highest BCUT2D eigenvalue weighted by molar-refractivity contribution is 5.88. The maximum atomic E-state index is 11.1. The van der Waals surface area contributed by atoms with Crippen LogP contribution in [0.2, 0.25) is 0 Å². The first-order valence-electron chi connectivity index (χ1n) is 8.19. The van der Waals surface area contributed by atoms with Gasteiger partial charge in [-0.15, -0.1) is 0 Å². The molecule has 3 N–H and O–H groups in total. The third-order valence-corrected chi connectivity index (χ3v) is 3.97. The number of hydrogen-bond acceptors (Lipinski definition) is 7. The van der Waals surface area contributed by atoms with E-state index in [9.17, 15) is 9.90 Å². The Morgan fingerprint density at radius 3 is 2.52 bits per heavy atom. The van der Waals surface area contributed by atoms with Crippen molar-refractivity contribution < 1.29 is 14.6 Å². The summed E-state index contributed by atoms with van der Waals surface area (Å²) >= 11 is 0. The average molecular weight is 362 g/mol. The smallest absolute Gasteiger partial charge is 0.233 e. The van der Waals surface area contributed by atoms with Gasteiger partial charge in [0.2, 0.25) is 5.88 Å². The Morgan fingerprint density at radius 2 is 1.89 bits per heavy atom. The first-order chi connectivity index (χ1) is 13.0. The molecule has 0 radical (unpaired) electrons.